The molecule has 23 heavy (non-hydrogen) atoms. The predicted octanol–water partition coefficient (Wildman–Crippen LogP) is 2.61. The minimum atomic E-state index is -2.90. The zero-order chi connectivity index (χ0) is 16.5. The molecule has 5 nitrogen and oxygen atoms in total. The van der Waals surface area contributed by atoms with Crippen molar-refractivity contribution in [1.29, 1.82) is 0 Å². The number of hydrogen-bond acceptors (Lipinski definition) is 4. The monoisotopic (exact) mass is 325 g/mol. The van der Waals surface area contributed by atoms with Crippen LogP contribution in [0.2, 0.25) is 0 Å². The van der Waals surface area contributed by atoms with Crippen LogP contribution in [0.25, 0.3) is 0 Å². The van der Waals surface area contributed by atoms with Gasteiger partial charge in [-0.2, -0.15) is 13.9 Å². The molecule has 1 fully saturated rings. The second-order valence-electron chi connectivity index (χ2n) is 5.36. The van der Waals surface area contributed by atoms with Crippen LogP contribution in [0, 0.1) is 0 Å². The summed E-state index contributed by atoms with van der Waals surface area (Å²) < 4.78 is 29.0. The Balaban J connectivity index is 1.78. The molecule has 1 amide bonds. The largest absolute Gasteiger partial charge is 0.434 e. The zero-order valence-corrected chi connectivity index (χ0v) is 12.9. The Hall–Kier alpha value is -2.02. The molecule has 1 aliphatic rings. The lowest BCUT2D eigenvalue weighted by Gasteiger charge is -2.25. The summed E-state index contributed by atoms with van der Waals surface area (Å²) in [5.41, 5.74) is 2.79. The molecule has 1 N–H and O–H groups in total. The van der Waals surface area contributed by atoms with Crippen LogP contribution in [0.5, 0.6) is 5.75 Å². The summed E-state index contributed by atoms with van der Waals surface area (Å²) in [7, 11) is 0. The topological polar surface area (TPSA) is 53.9 Å². The number of carbonyl (C=O) groups excluding carboxylic acids is 1. The van der Waals surface area contributed by atoms with E-state index in [-0.39, 0.29) is 11.7 Å². The molecule has 1 aromatic rings. The van der Waals surface area contributed by atoms with Gasteiger partial charge in [0.1, 0.15) is 5.75 Å². The second-order valence-corrected chi connectivity index (χ2v) is 5.36. The van der Waals surface area contributed by atoms with Crippen molar-refractivity contribution in [1.82, 2.24) is 10.3 Å². The lowest BCUT2D eigenvalue weighted by atomic mass is 10.1. The van der Waals surface area contributed by atoms with Crippen molar-refractivity contribution in [2.75, 3.05) is 19.6 Å². The maximum absolute atomic E-state index is 12.3. The highest BCUT2D eigenvalue weighted by atomic mass is 19.3. The minimum absolute atomic E-state index is 0.0221. The highest BCUT2D eigenvalue weighted by Crippen LogP contribution is 2.18. The number of hydrogen-bond donors (Lipinski definition) is 1. The van der Waals surface area contributed by atoms with E-state index in [1.54, 1.807) is 18.2 Å². The highest BCUT2D eigenvalue weighted by molar-refractivity contribution is 5.85. The number of nitrogens with zero attached hydrogens (tertiary/aromatic N) is 2. The van der Waals surface area contributed by atoms with Crippen LogP contribution in [-0.4, -0.2) is 43.3 Å². The maximum atomic E-state index is 12.3. The van der Waals surface area contributed by atoms with Gasteiger partial charge in [0.05, 0.1) is 6.21 Å². The standard InChI is InChI=1S/C16H21F2N3O2/c17-16(18)23-14-7-3-2-6-13(14)12-19-20-15(22)8-11-21-9-4-1-5-10-21/h2-3,6-7,12,16H,1,4-5,8-11H2,(H,20,22)/b19-12-. The van der Waals surface area contributed by atoms with Gasteiger partial charge in [0.15, 0.2) is 0 Å². The zero-order valence-electron chi connectivity index (χ0n) is 12.9. The van der Waals surface area contributed by atoms with Gasteiger partial charge in [-0.25, -0.2) is 5.43 Å². The van der Waals surface area contributed by atoms with Crippen LogP contribution in [0.4, 0.5) is 8.78 Å². The van der Waals surface area contributed by atoms with Crippen molar-refractivity contribution in [2.45, 2.75) is 32.3 Å². The number of para-hydroxylation sites is 1. The minimum Gasteiger partial charge on any atom is -0.434 e. The van der Waals surface area contributed by atoms with Crippen LogP contribution in [0.1, 0.15) is 31.2 Å². The van der Waals surface area contributed by atoms with E-state index in [0.717, 1.165) is 13.1 Å². The first-order chi connectivity index (χ1) is 11.1. The number of rotatable bonds is 7. The number of likely N-dealkylation sites (tertiary alicyclic amines) is 1. The summed E-state index contributed by atoms with van der Waals surface area (Å²) in [6.07, 6.45) is 5.29. The highest BCUT2D eigenvalue weighted by Gasteiger charge is 2.11. The Kier molecular flexibility index (Phi) is 6.93. The van der Waals surface area contributed by atoms with E-state index in [9.17, 15) is 13.6 Å². The Morgan fingerprint density at radius 3 is 2.78 bits per heavy atom. The molecule has 1 saturated heterocycles. The van der Waals surface area contributed by atoms with Crippen LogP contribution < -0.4 is 10.2 Å². The predicted molar refractivity (Wildman–Crippen MR) is 83.7 cm³/mol. The third-order valence-electron chi connectivity index (χ3n) is 3.63. The Morgan fingerprint density at radius 1 is 1.30 bits per heavy atom. The van der Waals surface area contributed by atoms with Gasteiger partial charge in [-0.05, 0) is 38.1 Å². The molecule has 1 aromatic carbocycles. The number of piperidine rings is 1. The van der Waals surface area contributed by atoms with Crippen molar-refractivity contribution in [3.63, 3.8) is 0 Å². The van der Waals surface area contributed by atoms with E-state index in [1.165, 1.54) is 31.5 Å². The summed E-state index contributed by atoms with van der Waals surface area (Å²) >= 11 is 0. The summed E-state index contributed by atoms with van der Waals surface area (Å²) in [6, 6.07) is 6.27. The molecule has 0 saturated carbocycles. The molecule has 1 aliphatic heterocycles. The number of benzene rings is 1. The first kappa shape index (κ1) is 17.3. The Labute approximate surface area is 134 Å². The van der Waals surface area contributed by atoms with Crippen LogP contribution in [-0.2, 0) is 4.79 Å². The van der Waals surface area contributed by atoms with Gasteiger partial charge < -0.3 is 9.64 Å². The maximum Gasteiger partial charge on any atom is 0.387 e. The van der Waals surface area contributed by atoms with Gasteiger partial charge in [0.25, 0.3) is 0 Å². The third kappa shape index (κ3) is 6.32. The molecule has 0 atom stereocenters. The molecule has 0 aromatic heterocycles. The molecule has 0 spiro atoms. The van der Waals surface area contributed by atoms with Gasteiger partial charge in [0, 0.05) is 18.5 Å². The fourth-order valence-corrected chi connectivity index (χ4v) is 2.46. The number of carbonyl (C=O) groups is 1. The van der Waals surface area contributed by atoms with Gasteiger partial charge >= 0.3 is 6.61 Å². The summed E-state index contributed by atoms with van der Waals surface area (Å²) in [4.78, 5) is 14.0. The SMILES string of the molecule is O=C(CCN1CCCCC1)N/N=C\c1ccccc1OC(F)F. The van der Waals surface area contributed by atoms with E-state index < -0.39 is 6.61 Å². The molecule has 0 radical (unpaired) electrons. The van der Waals surface area contributed by atoms with Crippen LogP contribution in [0.3, 0.4) is 0 Å². The number of alkyl halides is 2. The van der Waals surface area contributed by atoms with Gasteiger partial charge in [-0.3, -0.25) is 4.79 Å². The molecular formula is C16H21F2N3O2. The van der Waals surface area contributed by atoms with E-state index >= 15 is 0 Å². The van der Waals surface area contributed by atoms with E-state index in [1.807, 2.05) is 0 Å². The Morgan fingerprint density at radius 2 is 2.04 bits per heavy atom. The summed E-state index contributed by atoms with van der Waals surface area (Å²) in [5.74, 6) is -0.173. The van der Waals surface area contributed by atoms with Crippen molar-refractivity contribution in [3.8, 4) is 5.75 Å². The molecule has 126 valence electrons. The van der Waals surface area contributed by atoms with Gasteiger partial charge in [-0.1, -0.05) is 18.6 Å². The van der Waals surface area contributed by atoms with Crippen molar-refractivity contribution in [2.24, 2.45) is 5.10 Å². The van der Waals surface area contributed by atoms with Crippen LogP contribution >= 0.6 is 0 Å². The lowest BCUT2D eigenvalue weighted by Crippen LogP contribution is -2.33. The summed E-state index contributed by atoms with van der Waals surface area (Å²) in [5, 5.41) is 3.81. The van der Waals surface area contributed by atoms with Crippen molar-refractivity contribution < 1.29 is 18.3 Å². The van der Waals surface area contributed by atoms with Gasteiger partial charge in [0.2, 0.25) is 5.91 Å². The summed E-state index contributed by atoms with van der Waals surface area (Å²) in [6.45, 7) is -0.111. The average molecular weight is 325 g/mol. The normalized spacial score (nSPS) is 16.0. The quantitative estimate of drug-likeness (QED) is 0.619. The number of ether oxygens (including phenoxy) is 1. The number of amides is 1. The lowest BCUT2D eigenvalue weighted by molar-refractivity contribution is -0.121. The van der Waals surface area contributed by atoms with Crippen LogP contribution in [0.15, 0.2) is 29.4 Å². The fraction of sp³-hybridized carbons (Fsp3) is 0.500. The number of hydrazone groups is 1. The molecule has 2 rings (SSSR count). The number of nitrogens with one attached hydrogen (secondary N) is 1. The van der Waals surface area contributed by atoms with E-state index in [0.29, 0.717) is 18.5 Å². The first-order valence-electron chi connectivity index (χ1n) is 7.73. The molecule has 0 aliphatic carbocycles. The Bertz CT molecular complexity index is 532. The number of halogens is 2. The molecule has 0 bridgehead atoms. The third-order valence-corrected chi connectivity index (χ3v) is 3.63. The van der Waals surface area contributed by atoms with E-state index in [4.69, 9.17) is 0 Å². The second kappa shape index (κ2) is 9.19. The van der Waals surface area contributed by atoms with Crippen molar-refractivity contribution >= 4 is 12.1 Å². The average Bonchev–Trinajstić information content (AvgIpc) is 2.55. The molecule has 1 heterocycles. The smallest absolute Gasteiger partial charge is 0.387 e. The molecule has 7 heteroatoms. The van der Waals surface area contributed by atoms with E-state index in [2.05, 4.69) is 20.2 Å². The van der Waals surface area contributed by atoms with Gasteiger partial charge in [-0.15, -0.1) is 0 Å². The fourth-order valence-electron chi connectivity index (χ4n) is 2.46. The molecular weight excluding hydrogens is 304 g/mol. The van der Waals surface area contributed by atoms with Crippen molar-refractivity contribution in [3.05, 3.63) is 29.8 Å². The molecule has 0 unspecified atom stereocenters. The first-order valence-corrected chi connectivity index (χ1v) is 7.73.